The van der Waals surface area contributed by atoms with Gasteiger partial charge in [0, 0.05) is 22.7 Å². The van der Waals surface area contributed by atoms with Crippen LogP contribution in [-0.4, -0.2) is 36.6 Å². The quantitative estimate of drug-likeness (QED) is 0.595. The number of aromatic amines is 1. The molecule has 1 fully saturated rings. The molecule has 3 N–H and O–H groups in total. The minimum absolute atomic E-state index is 0.0700. The smallest absolute Gasteiger partial charge is 0.305 e. The van der Waals surface area contributed by atoms with E-state index in [0.717, 1.165) is 31.7 Å². The van der Waals surface area contributed by atoms with Crippen LogP contribution in [0.2, 0.25) is 0 Å². The summed E-state index contributed by atoms with van der Waals surface area (Å²) in [5, 5.41) is 12.8. The molecule has 0 radical (unpaired) electrons. The fourth-order valence-electron chi connectivity index (χ4n) is 3.67. The third-order valence-electron chi connectivity index (χ3n) is 5.41. The molecule has 3 aromatic rings. The monoisotopic (exact) mass is 387 g/mol. The van der Waals surface area contributed by atoms with Gasteiger partial charge in [0.25, 0.3) is 0 Å². The molecular formula is C19H19F2N5O2. The van der Waals surface area contributed by atoms with Gasteiger partial charge in [-0.05, 0) is 31.7 Å². The fourth-order valence-corrected chi connectivity index (χ4v) is 3.67. The first kappa shape index (κ1) is 18.3. The van der Waals surface area contributed by atoms with Crippen LogP contribution in [0.15, 0.2) is 24.7 Å². The molecule has 0 bridgehead atoms. The Hall–Kier alpha value is -3.10. The number of pyridine rings is 1. The molecule has 0 unspecified atom stereocenters. The maximum Gasteiger partial charge on any atom is 0.305 e. The van der Waals surface area contributed by atoms with Crippen LogP contribution in [0.25, 0.3) is 22.4 Å². The Morgan fingerprint density at radius 3 is 2.82 bits per heavy atom. The van der Waals surface area contributed by atoms with Crippen molar-refractivity contribution in [3.8, 4) is 11.4 Å². The number of hydrogen-bond acceptors (Lipinski definition) is 5. The van der Waals surface area contributed by atoms with Crippen molar-refractivity contribution in [1.82, 2.24) is 19.9 Å². The summed E-state index contributed by atoms with van der Waals surface area (Å²) in [6, 6.07) is 1.30. The van der Waals surface area contributed by atoms with E-state index in [-0.39, 0.29) is 24.0 Å². The van der Waals surface area contributed by atoms with E-state index >= 15 is 0 Å². The average molecular weight is 387 g/mol. The second-order valence-corrected chi connectivity index (χ2v) is 7.38. The molecule has 1 atom stereocenters. The molecular weight excluding hydrogens is 368 g/mol. The van der Waals surface area contributed by atoms with E-state index in [1.165, 1.54) is 6.07 Å². The molecule has 7 nitrogen and oxygen atoms in total. The van der Waals surface area contributed by atoms with Gasteiger partial charge in [-0.1, -0.05) is 6.42 Å². The first-order valence-corrected chi connectivity index (χ1v) is 9.01. The van der Waals surface area contributed by atoms with Gasteiger partial charge in [-0.25, -0.2) is 23.7 Å². The maximum absolute atomic E-state index is 14.4. The molecule has 1 saturated carbocycles. The van der Waals surface area contributed by atoms with E-state index in [1.54, 1.807) is 13.1 Å². The number of carboxylic acid groups (broad SMARTS) is 1. The lowest BCUT2D eigenvalue weighted by Gasteiger charge is -2.43. The lowest BCUT2D eigenvalue weighted by atomic mass is 9.70. The first-order valence-electron chi connectivity index (χ1n) is 9.01. The maximum atomic E-state index is 14.4. The topological polar surface area (TPSA) is 104 Å². The summed E-state index contributed by atoms with van der Waals surface area (Å²) >= 11 is 0. The minimum atomic E-state index is -0.963. The van der Waals surface area contributed by atoms with Crippen LogP contribution in [0.1, 0.15) is 32.6 Å². The Labute approximate surface area is 159 Å². The van der Waals surface area contributed by atoms with Crippen molar-refractivity contribution >= 4 is 22.8 Å². The van der Waals surface area contributed by atoms with E-state index in [0.29, 0.717) is 16.6 Å². The molecule has 4 rings (SSSR count). The van der Waals surface area contributed by atoms with Gasteiger partial charge in [-0.15, -0.1) is 0 Å². The molecule has 3 heterocycles. The number of nitrogens with one attached hydrogen (secondary N) is 2. The summed E-state index contributed by atoms with van der Waals surface area (Å²) in [4.78, 5) is 26.5. The molecule has 0 aliphatic heterocycles. The summed E-state index contributed by atoms with van der Waals surface area (Å²) < 4.78 is 28.0. The number of carboxylic acids is 1. The minimum Gasteiger partial charge on any atom is -0.481 e. The number of anilines is 1. The van der Waals surface area contributed by atoms with E-state index in [1.807, 2.05) is 0 Å². The highest BCUT2D eigenvalue weighted by atomic mass is 19.1. The van der Waals surface area contributed by atoms with Crippen LogP contribution < -0.4 is 5.32 Å². The largest absolute Gasteiger partial charge is 0.481 e. The van der Waals surface area contributed by atoms with Gasteiger partial charge >= 0.3 is 5.97 Å². The lowest BCUT2D eigenvalue weighted by molar-refractivity contribution is -0.138. The number of carbonyl (C=O) groups is 1. The Morgan fingerprint density at radius 1 is 1.36 bits per heavy atom. The van der Waals surface area contributed by atoms with Crippen molar-refractivity contribution in [2.75, 3.05) is 5.32 Å². The predicted octanol–water partition coefficient (Wildman–Crippen LogP) is 3.74. The molecule has 146 valence electrons. The second-order valence-electron chi connectivity index (χ2n) is 7.38. The van der Waals surface area contributed by atoms with Crippen molar-refractivity contribution in [3.63, 3.8) is 0 Å². The number of fused-ring (bicyclic) bond motifs is 1. The number of hydrogen-bond donors (Lipinski definition) is 3. The molecule has 0 amide bonds. The fraction of sp³-hybridized carbons (Fsp3) is 0.368. The van der Waals surface area contributed by atoms with Gasteiger partial charge in [0.2, 0.25) is 0 Å². The summed E-state index contributed by atoms with van der Waals surface area (Å²) in [7, 11) is 0. The van der Waals surface area contributed by atoms with E-state index in [2.05, 4.69) is 25.3 Å². The number of H-pyrrole nitrogens is 1. The molecule has 1 aliphatic rings. The number of rotatable bonds is 6. The normalized spacial score (nSPS) is 16.5. The zero-order chi connectivity index (χ0) is 19.9. The molecule has 0 saturated heterocycles. The Morgan fingerprint density at radius 2 is 2.14 bits per heavy atom. The number of aromatic nitrogens is 4. The predicted molar refractivity (Wildman–Crippen MR) is 98.7 cm³/mol. The van der Waals surface area contributed by atoms with E-state index in [9.17, 15) is 18.7 Å². The number of nitrogens with zero attached hydrogens (tertiary/aromatic N) is 3. The van der Waals surface area contributed by atoms with Gasteiger partial charge < -0.3 is 15.4 Å². The third kappa shape index (κ3) is 3.28. The van der Waals surface area contributed by atoms with Crippen molar-refractivity contribution in [2.24, 2.45) is 5.92 Å². The summed E-state index contributed by atoms with van der Waals surface area (Å²) in [6.45, 7) is 1.77. The number of aliphatic carboxylic acids is 1. The second kappa shape index (κ2) is 6.81. The molecule has 0 spiro atoms. The van der Waals surface area contributed by atoms with Crippen LogP contribution in [0.4, 0.5) is 14.6 Å². The Balaban J connectivity index is 1.72. The Bertz CT molecular complexity index is 1050. The lowest BCUT2D eigenvalue weighted by Crippen LogP contribution is -2.47. The van der Waals surface area contributed by atoms with Crippen molar-refractivity contribution in [1.29, 1.82) is 0 Å². The molecule has 0 aromatic carbocycles. The van der Waals surface area contributed by atoms with Gasteiger partial charge in [0.15, 0.2) is 17.5 Å². The molecule has 3 aromatic heterocycles. The van der Waals surface area contributed by atoms with E-state index < -0.39 is 23.1 Å². The highest BCUT2D eigenvalue weighted by Gasteiger charge is 2.40. The molecule has 9 heteroatoms. The first-order chi connectivity index (χ1) is 13.4. The van der Waals surface area contributed by atoms with Crippen LogP contribution >= 0.6 is 0 Å². The standard InChI is InChI=1S/C19H19F2N5O2/c1-19(6-15(27)28,10-3-2-4-10)26-18-14(21)9-24-17(25-18)13-8-23-16-12(13)5-11(20)7-22-16/h5,7-10H,2-4,6H2,1H3,(H,22,23)(H,27,28)(H,24,25,26)/t19-/m1/s1. The summed E-state index contributed by atoms with van der Waals surface area (Å²) in [5.41, 5.74) is 0.113. The average Bonchev–Trinajstić information content (AvgIpc) is 2.97. The van der Waals surface area contributed by atoms with Gasteiger partial charge in [-0.2, -0.15) is 0 Å². The van der Waals surface area contributed by atoms with E-state index in [4.69, 9.17) is 0 Å². The van der Waals surface area contributed by atoms with Crippen LogP contribution in [-0.2, 0) is 4.79 Å². The summed E-state index contributed by atoms with van der Waals surface area (Å²) in [5.74, 6) is -1.91. The van der Waals surface area contributed by atoms with Crippen LogP contribution in [0.3, 0.4) is 0 Å². The highest BCUT2D eigenvalue weighted by Crippen LogP contribution is 2.40. The van der Waals surface area contributed by atoms with Crippen molar-refractivity contribution in [3.05, 3.63) is 36.3 Å². The zero-order valence-electron chi connectivity index (χ0n) is 15.2. The summed E-state index contributed by atoms with van der Waals surface area (Å²) in [6.07, 6.45) is 6.32. The van der Waals surface area contributed by atoms with Gasteiger partial charge in [-0.3, -0.25) is 4.79 Å². The van der Waals surface area contributed by atoms with Crippen molar-refractivity contribution < 1.29 is 18.7 Å². The number of halogens is 2. The highest BCUT2D eigenvalue weighted by molar-refractivity contribution is 5.91. The van der Waals surface area contributed by atoms with Gasteiger partial charge in [0.05, 0.1) is 18.8 Å². The third-order valence-corrected chi connectivity index (χ3v) is 5.41. The zero-order valence-corrected chi connectivity index (χ0v) is 15.2. The molecule has 1 aliphatic carbocycles. The van der Waals surface area contributed by atoms with Crippen LogP contribution in [0.5, 0.6) is 0 Å². The SMILES string of the molecule is C[C@](CC(=O)O)(Nc1nc(-c2c[nH]c3ncc(F)cc23)ncc1F)C1CCC1. The molecule has 28 heavy (non-hydrogen) atoms. The van der Waals surface area contributed by atoms with Gasteiger partial charge in [0.1, 0.15) is 11.5 Å². The Kier molecular flexibility index (Phi) is 4.44. The van der Waals surface area contributed by atoms with Crippen molar-refractivity contribution in [2.45, 2.75) is 38.1 Å². The van der Waals surface area contributed by atoms with Crippen LogP contribution in [0, 0.1) is 17.6 Å².